The molecule has 0 radical (unpaired) electrons. The number of aryl methyl sites for hydroxylation is 2. The third-order valence-corrected chi connectivity index (χ3v) is 2.87. The lowest BCUT2D eigenvalue weighted by molar-refractivity contribution is 1.13. The molecule has 2 aromatic rings. The van der Waals surface area contributed by atoms with Crippen molar-refractivity contribution in [2.45, 2.75) is 40.5 Å². The van der Waals surface area contributed by atoms with Crippen LogP contribution < -0.4 is 0 Å². The molecule has 0 unspecified atom stereocenters. The van der Waals surface area contributed by atoms with E-state index in [2.05, 4.69) is 50.2 Å². The van der Waals surface area contributed by atoms with Crippen LogP contribution in [-0.4, -0.2) is 0 Å². The van der Waals surface area contributed by atoms with Gasteiger partial charge in [0.25, 0.3) is 0 Å². The minimum Gasteiger partial charge on any atom is -0.0683 e. The molecule has 2 rings (SSSR count). The van der Waals surface area contributed by atoms with Crippen LogP contribution in [0.5, 0.6) is 0 Å². The molecular weight excluding hydrogens is 192 g/mol. The fourth-order valence-corrected chi connectivity index (χ4v) is 2.04. The van der Waals surface area contributed by atoms with Gasteiger partial charge in [0.1, 0.15) is 0 Å². The van der Waals surface area contributed by atoms with Crippen LogP contribution in [0.15, 0.2) is 36.4 Å². The summed E-state index contributed by atoms with van der Waals surface area (Å²) >= 11 is 0. The fourth-order valence-electron chi connectivity index (χ4n) is 2.04. The number of hydrogen-bond acceptors (Lipinski definition) is 0. The van der Waals surface area contributed by atoms with Gasteiger partial charge in [-0.05, 0) is 34.7 Å². The van der Waals surface area contributed by atoms with Crippen molar-refractivity contribution in [1.82, 2.24) is 0 Å². The molecular formula is C16H22. The molecule has 2 aromatic carbocycles. The fraction of sp³-hybridized carbons (Fsp3) is 0.375. The van der Waals surface area contributed by atoms with E-state index in [0.717, 1.165) is 12.8 Å². The Kier molecular flexibility index (Phi) is 5.04. The van der Waals surface area contributed by atoms with Crippen molar-refractivity contribution in [1.29, 1.82) is 0 Å². The molecule has 0 atom stereocenters. The van der Waals surface area contributed by atoms with Crippen LogP contribution in [0.4, 0.5) is 0 Å². The van der Waals surface area contributed by atoms with Crippen LogP contribution >= 0.6 is 0 Å². The van der Waals surface area contributed by atoms with Crippen molar-refractivity contribution in [3.8, 4) is 0 Å². The molecule has 0 heterocycles. The van der Waals surface area contributed by atoms with E-state index < -0.39 is 0 Å². The zero-order valence-corrected chi connectivity index (χ0v) is 10.9. The molecule has 0 saturated carbocycles. The molecule has 0 aliphatic rings. The average Bonchev–Trinajstić information content (AvgIpc) is 2.39. The lowest BCUT2D eigenvalue weighted by Crippen LogP contribution is -1.88. The standard InChI is InChI=1S/C14H16.C2H6/c1-3-11-9-10-12(4-2)14-8-6-5-7-13(11)14;1-2/h5-10H,3-4H2,1-2H3;1-2H3. The summed E-state index contributed by atoms with van der Waals surface area (Å²) in [5.74, 6) is 0. The van der Waals surface area contributed by atoms with Gasteiger partial charge in [0.15, 0.2) is 0 Å². The van der Waals surface area contributed by atoms with Gasteiger partial charge >= 0.3 is 0 Å². The molecule has 0 aliphatic heterocycles. The Hall–Kier alpha value is -1.30. The van der Waals surface area contributed by atoms with Crippen LogP contribution in [0.3, 0.4) is 0 Å². The summed E-state index contributed by atoms with van der Waals surface area (Å²) in [5.41, 5.74) is 2.91. The molecule has 0 saturated heterocycles. The van der Waals surface area contributed by atoms with Gasteiger partial charge in [0, 0.05) is 0 Å². The number of benzene rings is 2. The van der Waals surface area contributed by atoms with E-state index in [9.17, 15) is 0 Å². The third-order valence-electron chi connectivity index (χ3n) is 2.87. The maximum atomic E-state index is 2.27. The molecule has 0 aromatic heterocycles. The number of rotatable bonds is 2. The van der Waals surface area contributed by atoms with Crippen LogP contribution in [0, 0.1) is 0 Å². The van der Waals surface area contributed by atoms with Crippen molar-refractivity contribution in [3.05, 3.63) is 47.5 Å². The Balaban J connectivity index is 0.000000606. The van der Waals surface area contributed by atoms with Gasteiger partial charge in [0.2, 0.25) is 0 Å². The molecule has 16 heavy (non-hydrogen) atoms. The first-order chi connectivity index (χ1) is 7.86. The molecule has 0 nitrogen and oxygen atoms in total. The summed E-state index contributed by atoms with van der Waals surface area (Å²) in [4.78, 5) is 0. The number of hydrogen-bond donors (Lipinski definition) is 0. The Labute approximate surface area is 99.3 Å². The highest BCUT2D eigenvalue weighted by Crippen LogP contribution is 2.23. The highest BCUT2D eigenvalue weighted by Gasteiger charge is 2.01. The summed E-state index contributed by atoms with van der Waals surface area (Å²) < 4.78 is 0. The largest absolute Gasteiger partial charge is 0.0683 e. The van der Waals surface area contributed by atoms with Gasteiger partial charge in [0.05, 0.1) is 0 Å². The van der Waals surface area contributed by atoms with Gasteiger partial charge < -0.3 is 0 Å². The maximum absolute atomic E-state index is 2.27. The average molecular weight is 214 g/mol. The highest BCUT2D eigenvalue weighted by molar-refractivity contribution is 5.88. The monoisotopic (exact) mass is 214 g/mol. The normalized spacial score (nSPS) is 9.75. The summed E-state index contributed by atoms with van der Waals surface area (Å²) in [5, 5.41) is 2.85. The van der Waals surface area contributed by atoms with E-state index in [4.69, 9.17) is 0 Å². The molecule has 0 spiro atoms. The smallest absolute Gasteiger partial charge is 0.0149 e. The molecule has 0 N–H and O–H groups in total. The highest BCUT2D eigenvalue weighted by atomic mass is 14.1. The molecule has 0 bridgehead atoms. The quantitative estimate of drug-likeness (QED) is 0.660. The van der Waals surface area contributed by atoms with Gasteiger partial charge in [-0.3, -0.25) is 0 Å². The SMILES string of the molecule is CC.CCc1ccc(CC)c2ccccc12. The molecule has 0 heteroatoms. The summed E-state index contributed by atoms with van der Waals surface area (Å²) in [6.45, 7) is 8.43. The van der Waals surface area contributed by atoms with Crippen LogP contribution in [0.25, 0.3) is 10.8 Å². The van der Waals surface area contributed by atoms with Gasteiger partial charge in [-0.15, -0.1) is 0 Å². The Bertz CT molecular complexity index is 398. The molecule has 0 fully saturated rings. The van der Waals surface area contributed by atoms with Crippen LogP contribution in [-0.2, 0) is 12.8 Å². The maximum Gasteiger partial charge on any atom is -0.0149 e. The first-order valence-electron chi connectivity index (χ1n) is 6.36. The molecule has 0 aliphatic carbocycles. The summed E-state index contributed by atoms with van der Waals surface area (Å²) in [6.07, 6.45) is 2.23. The first-order valence-corrected chi connectivity index (χ1v) is 6.36. The minimum atomic E-state index is 1.12. The zero-order valence-electron chi connectivity index (χ0n) is 10.9. The van der Waals surface area contributed by atoms with E-state index in [0.29, 0.717) is 0 Å². The van der Waals surface area contributed by atoms with E-state index in [1.807, 2.05) is 13.8 Å². The second kappa shape index (κ2) is 6.32. The van der Waals surface area contributed by atoms with Crippen molar-refractivity contribution in [2.24, 2.45) is 0 Å². The van der Waals surface area contributed by atoms with Crippen molar-refractivity contribution in [2.75, 3.05) is 0 Å². The second-order valence-corrected chi connectivity index (χ2v) is 3.64. The van der Waals surface area contributed by atoms with Crippen LogP contribution in [0.2, 0.25) is 0 Å². The summed E-state index contributed by atoms with van der Waals surface area (Å²) in [7, 11) is 0. The predicted molar refractivity (Wildman–Crippen MR) is 74.1 cm³/mol. The van der Waals surface area contributed by atoms with Crippen LogP contribution in [0.1, 0.15) is 38.8 Å². The third kappa shape index (κ3) is 2.44. The summed E-state index contributed by atoms with van der Waals surface area (Å²) in [6, 6.07) is 13.2. The zero-order chi connectivity index (χ0) is 12.0. The molecule has 86 valence electrons. The van der Waals surface area contributed by atoms with Gasteiger partial charge in [-0.1, -0.05) is 64.1 Å². The Morgan fingerprint density at radius 1 is 0.688 bits per heavy atom. The van der Waals surface area contributed by atoms with Gasteiger partial charge in [-0.2, -0.15) is 0 Å². The second-order valence-electron chi connectivity index (χ2n) is 3.64. The molecule has 0 amide bonds. The van der Waals surface area contributed by atoms with E-state index in [1.165, 1.54) is 21.9 Å². The Morgan fingerprint density at radius 3 is 1.38 bits per heavy atom. The van der Waals surface area contributed by atoms with Crippen molar-refractivity contribution in [3.63, 3.8) is 0 Å². The van der Waals surface area contributed by atoms with E-state index >= 15 is 0 Å². The van der Waals surface area contributed by atoms with Crippen molar-refractivity contribution >= 4 is 10.8 Å². The first kappa shape index (κ1) is 12.8. The van der Waals surface area contributed by atoms with E-state index in [-0.39, 0.29) is 0 Å². The lowest BCUT2D eigenvalue weighted by Gasteiger charge is -2.08. The topological polar surface area (TPSA) is 0 Å². The van der Waals surface area contributed by atoms with Crippen molar-refractivity contribution < 1.29 is 0 Å². The lowest BCUT2D eigenvalue weighted by atomic mass is 9.97. The van der Waals surface area contributed by atoms with E-state index in [1.54, 1.807) is 0 Å². The Morgan fingerprint density at radius 2 is 1.06 bits per heavy atom. The predicted octanol–water partition coefficient (Wildman–Crippen LogP) is 4.99. The van der Waals surface area contributed by atoms with Gasteiger partial charge in [-0.25, -0.2) is 0 Å². The number of fused-ring (bicyclic) bond motifs is 1. The minimum absolute atomic E-state index is 1.12.